The van der Waals surface area contributed by atoms with E-state index in [0.29, 0.717) is 68.6 Å². The number of phenols is 1. The summed E-state index contributed by atoms with van der Waals surface area (Å²) < 4.78 is 24.5. The van der Waals surface area contributed by atoms with Crippen molar-refractivity contribution in [3.63, 3.8) is 0 Å². The lowest BCUT2D eigenvalue weighted by atomic mass is 9.94. The number of nitrogens with zero attached hydrogens (tertiary/aromatic N) is 2. The number of carbonyl (C=O) groups excluding carboxylic acids is 1. The Balaban J connectivity index is 2.00. The molecular weight excluding hydrogens is 544 g/mol. The molecule has 1 aromatic heterocycles. The van der Waals surface area contributed by atoms with Gasteiger partial charge < -0.3 is 24.1 Å². The summed E-state index contributed by atoms with van der Waals surface area (Å²) in [6.45, 7) is 11.8. The Morgan fingerprint density at radius 3 is 2.56 bits per heavy atom. The minimum absolute atomic E-state index is 0.0431. The Hall–Kier alpha value is -4.31. The first-order valence-corrected chi connectivity index (χ1v) is 14.2. The third-order valence-electron chi connectivity index (χ3n) is 6.47. The lowest BCUT2D eigenvalue weighted by Gasteiger charge is -2.26. The van der Waals surface area contributed by atoms with Gasteiger partial charge in [0, 0.05) is 11.1 Å². The highest BCUT2D eigenvalue weighted by atomic mass is 32.1. The van der Waals surface area contributed by atoms with E-state index in [1.807, 2.05) is 19.9 Å². The van der Waals surface area contributed by atoms with Crippen molar-refractivity contribution >= 4 is 23.4 Å². The van der Waals surface area contributed by atoms with Crippen molar-refractivity contribution in [2.75, 3.05) is 26.9 Å². The second-order valence-corrected chi connectivity index (χ2v) is 10.1. The highest BCUT2D eigenvalue weighted by Crippen LogP contribution is 2.41. The molecule has 1 aliphatic rings. The molecule has 0 aliphatic carbocycles. The molecule has 1 N–H and O–H groups in total. The molecule has 10 heteroatoms. The summed E-state index contributed by atoms with van der Waals surface area (Å²) in [6, 6.07) is 7.98. The summed E-state index contributed by atoms with van der Waals surface area (Å²) in [5, 5.41) is 10.6. The van der Waals surface area contributed by atoms with Crippen molar-refractivity contribution < 1.29 is 28.8 Å². The average Bonchev–Trinajstić information content (AvgIpc) is 3.25. The van der Waals surface area contributed by atoms with Gasteiger partial charge in [0.05, 0.1) is 42.7 Å². The predicted molar refractivity (Wildman–Crippen MR) is 158 cm³/mol. The number of aromatic nitrogens is 1. The standard InChI is InChI=1S/C31H34N2O7S/c1-7-12-20-15-19(16-23(27(20)34)38-8-2)17-24-29(35)33-26(21-13-11-14-22(37-6)28(21)39-9-3)25(30(36)40-10-4)18(5)32-31(33)41-24/h7,11,13-17,26,34H,1,8-10,12H2,2-6H3/b24-17+/t26-/m0/s1. The van der Waals surface area contributed by atoms with Gasteiger partial charge in [0.1, 0.15) is 6.04 Å². The minimum Gasteiger partial charge on any atom is -0.504 e. The predicted octanol–water partition coefficient (Wildman–Crippen LogP) is 4.04. The van der Waals surface area contributed by atoms with Gasteiger partial charge in [-0.3, -0.25) is 9.36 Å². The molecule has 3 aromatic rings. The fourth-order valence-corrected chi connectivity index (χ4v) is 5.84. The van der Waals surface area contributed by atoms with Gasteiger partial charge >= 0.3 is 5.97 Å². The van der Waals surface area contributed by atoms with Crippen LogP contribution in [0.5, 0.6) is 23.0 Å². The zero-order valence-electron chi connectivity index (χ0n) is 23.9. The van der Waals surface area contributed by atoms with E-state index in [1.165, 1.54) is 23.0 Å². The van der Waals surface area contributed by atoms with Crippen LogP contribution in [0.15, 0.2) is 64.0 Å². The summed E-state index contributed by atoms with van der Waals surface area (Å²) in [5.41, 5.74) is 2.23. The quantitative estimate of drug-likeness (QED) is 0.270. The second kappa shape index (κ2) is 12.9. The number of fused-ring (bicyclic) bond motifs is 1. The average molecular weight is 579 g/mol. The first kappa shape index (κ1) is 29.7. The third kappa shape index (κ3) is 5.78. The summed E-state index contributed by atoms with van der Waals surface area (Å²) in [4.78, 5) is 32.4. The van der Waals surface area contributed by atoms with Gasteiger partial charge in [0.25, 0.3) is 5.56 Å². The number of para-hydroxylation sites is 1. The van der Waals surface area contributed by atoms with Crippen molar-refractivity contribution in [3.05, 3.63) is 90.6 Å². The van der Waals surface area contributed by atoms with E-state index in [1.54, 1.807) is 50.3 Å². The van der Waals surface area contributed by atoms with Crippen LogP contribution in [-0.2, 0) is 16.0 Å². The van der Waals surface area contributed by atoms with E-state index in [0.717, 1.165) is 0 Å². The van der Waals surface area contributed by atoms with Gasteiger partial charge in [-0.1, -0.05) is 29.5 Å². The highest BCUT2D eigenvalue weighted by molar-refractivity contribution is 7.07. The van der Waals surface area contributed by atoms with Crippen molar-refractivity contribution in [1.82, 2.24) is 4.57 Å². The smallest absolute Gasteiger partial charge is 0.338 e. The van der Waals surface area contributed by atoms with Crippen LogP contribution in [0.3, 0.4) is 0 Å². The van der Waals surface area contributed by atoms with E-state index in [2.05, 4.69) is 11.6 Å². The zero-order valence-corrected chi connectivity index (χ0v) is 24.7. The van der Waals surface area contributed by atoms with E-state index < -0.39 is 12.0 Å². The number of hydrogen-bond donors (Lipinski definition) is 1. The molecule has 0 amide bonds. The summed E-state index contributed by atoms with van der Waals surface area (Å²) >= 11 is 1.20. The molecule has 0 radical (unpaired) electrons. The number of phenolic OH excluding ortho intramolecular Hbond substituents is 1. The molecule has 0 saturated heterocycles. The van der Waals surface area contributed by atoms with E-state index in [4.69, 9.17) is 18.9 Å². The molecular formula is C31H34N2O7S. The van der Waals surface area contributed by atoms with Crippen molar-refractivity contribution in [2.45, 2.75) is 40.2 Å². The Morgan fingerprint density at radius 2 is 1.90 bits per heavy atom. The van der Waals surface area contributed by atoms with Crippen LogP contribution in [0.2, 0.25) is 0 Å². The molecule has 1 aliphatic heterocycles. The molecule has 2 aromatic carbocycles. The maximum Gasteiger partial charge on any atom is 0.338 e. The largest absolute Gasteiger partial charge is 0.504 e. The topological polar surface area (TPSA) is 109 Å². The van der Waals surface area contributed by atoms with Crippen LogP contribution in [0.1, 0.15) is 50.4 Å². The lowest BCUT2D eigenvalue weighted by molar-refractivity contribution is -0.139. The third-order valence-corrected chi connectivity index (χ3v) is 7.45. The number of hydrogen-bond acceptors (Lipinski definition) is 9. The normalized spacial score (nSPS) is 14.8. The number of aromatic hydroxyl groups is 1. The molecule has 2 heterocycles. The van der Waals surface area contributed by atoms with Gasteiger partial charge in [0.2, 0.25) is 0 Å². The monoisotopic (exact) mass is 578 g/mol. The fraction of sp³-hybridized carbons (Fsp3) is 0.323. The number of carbonyl (C=O) groups is 1. The Kier molecular flexibility index (Phi) is 9.34. The SMILES string of the molecule is C=CCc1cc(/C=c2/sc3n(c2=O)[C@@H](c2cccc(OC)c2OCC)C(C(=O)OCC)=C(C)N=3)cc(OCC)c1O. The van der Waals surface area contributed by atoms with Crippen LogP contribution in [0.25, 0.3) is 6.08 Å². The molecule has 0 spiro atoms. The van der Waals surface area contributed by atoms with Crippen LogP contribution < -0.4 is 29.1 Å². The number of thiazole rings is 1. The molecule has 0 unspecified atom stereocenters. The molecule has 0 fully saturated rings. The van der Waals surface area contributed by atoms with Gasteiger partial charge in [-0.05, 0) is 64.0 Å². The van der Waals surface area contributed by atoms with E-state index >= 15 is 0 Å². The molecule has 0 saturated carbocycles. The second-order valence-electron chi connectivity index (χ2n) is 9.07. The van der Waals surface area contributed by atoms with E-state index in [9.17, 15) is 14.7 Å². The first-order chi connectivity index (χ1) is 19.8. The van der Waals surface area contributed by atoms with Crippen LogP contribution in [0.4, 0.5) is 0 Å². The van der Waals surface area contributed by atoms with Crippen LogP contribution >= 0.6 is 11.3 Å². The number of benzene rings is 2. The van der Waals surface area contributed by atoms with Crippen molar-refractivity contribution in [3.8, 4) is 23.0 Å². The summed E-state index contributed by atoms with van der Waals surface area (Å²) in [6.07, 6.45) is 3.84. The number of allylic oxidation sites excluding steroid dienone is 2. The van der Waals surface area contributed by atoms with Gasteiger partial charge in [-0.15, -0.1) is 6.58 Å². The summed E-state index contributed by atoms with van der Waals surface area (Å²) in [5.74, 6) is 0.713. The zero-order chi connectivity index (χ0) is 29.7. The maximum atomic E-state index is 14.1. The lowest BCUT2D eigenvalue weighted by Crippen LogP contribution is -2.40. The first-order valence-electron chi connectivity index (χ1n) is 13.4. The van der Waals surface area contributed by atoms with Crippen molar-refractivity contribution in [1.29, 1.82) is 0 Å². The Bertz CT molecular complexity index is 1680. The number of rotatable bonds is 11. The number of esters is 1. The number of methoxy groups -OCH3 is 1. The molecule has 1 atom stereocenters. The maximum absolute atomic E-state index is 14.1. The molecule has 0 bridgehead atoms. The Labute approximate surface area is 242 Å². The van der Waals surface area contributed by atoms with Crippen LogP contribution in [-0.4, -0.2) is 42.6 Å². The van der Waals surface area contributed by atoms with E-state index in [-0.39, 0.29) is 23.5 Å². The van der Waals surface area contributed by atoms with Gasteiger partial charge in [0.15, 0.2) is 27.8 Å². The molecule has 216 valence electrons. The summed E-state index contributed by atoms with van der Waals surface area (Å²) in [7, 11) is 1.54. The molecule has 4 rings (SSSR count). The fourth-order valence-electron chi connectivity index (χ4n) is 4.79. The number of ether oxygens (including phenoxy) is 4. The van der Waals surface area contributed by atoms with Crippen molar-refractivity contribution in [2.24, 2.45) is 4.99 Å². The highest BCUT2D eigenvalue weighted by Gasteiger charge is 2.36. The van der Waals surface area contributed by atoms with Gasteiger partial charge in [-0.25, -0.2) is 9.79 Å². The van der Waals surface area contributed by atoms with Crippen LogP contribution in [0, 0.1) is 0 Å². The molecule has 41 heavy (non-hydrogen) atoms. The Morgan fingerprint density at radius 1 is 1.15 bits per heavy atom. The van der Waals surface area contributed by atoms with Gasteiger partial charge in [-0.2, -0.15) is 0 Å². The minimum atomic E-state index is -0.862. The molecule has 9 nitrogen and oxygen atoms in total.